The zero-order valence-electron chi connectivity index (χ0n) is 8.94. The number of aliphatic hydroxyl groups excluding tert-OH is 1. The summed E-state index contributed by atoms with van der Waals surface area (Å²) in [5.74, 6) is 0. The average Bonchev–Trinajstić information content (AvgIpc) is 2.28. The average molecular weight is 248 g/mol. The van der Waals surface area contributed by atoms with Crippen LogP contribution in [0.15, 0.2) is 11.0 Å². The molecule has 1 aromatic rings. The van der Waals surface area contributed by atoms with Crippen molar-refractivity contribution in [1.29, 1.82) is 0 Å². The minimum atomic E-state index is -0.418. The fourth-order valence-corrected chi connectivity index (χ4v) is 1.34. The number of rotatable bonds is 6. The SMILES string of the molecule is COCCNc1cnn(CCO)c(=O)c1Cl. The highest BCUT2D eigenvalue weighted by atomic mass is 35.5. The summed E-state index contributed by atoms with van der Waals surface area (Å²) in [6, 6.07) is 0. The number of hydrogen-bond acceptors (Lipinski definition) is 5. The molecule has 0 radical (unpaired) electrons. The number of nitrogens with one attached hydrogen (secondary N) is 1. The summed E-state index contributed by atoms with van der Waals surface area (Å²) >= 11 is 5.85. The number of aromatic nitrogens is 2. The van der Waals surface area contributed by atoms with Gasteiger partial charge in [0.05, 0.1) is 31.6 Å². The number of ether oxygens (including phenoxy) is 1. The first-order valence-electron chi connectivity index (χ1n) is 4.80. The van der Waals surface area contributed by atoms with E-state index in [1.165, 1.54) is 6.20 Å². The zero-order valence-corrected chi connectivity index (χ0v) is 9.70. The van der Waals surface area contributed by atoms with E-state index in [0.29, 0.717) is 18.8 Å². The van der Waals surface area contributed by atoms with Crippen molar-refractivity contribution in [2.75, 3.05) is 32.2 Å². The van der Waals surface area contributed by atoms with E-state index in [0.717, 1.165) is 4.68 Å². The fraction of sp³-hybridized carbons (Fsp3) is 0.556. The summed E-state index contributed by atoms with van der Waals surface area (Å²) in [6.45, 7) is 1.04. The number of methoxy groups -OCH3 is 1. The Morgan fingerprint density at radius 3 is 3.06 bits per heavy atom. The van der Waals surface area contributed by atoms with E-state index in [1.807, 2.05) is 0 Å². The molecule has 0 aliphatic heterocycles. The Hall–Kier alpha value is -1.11. The molecule has 2 N–H and O–H groups in total. The third kappa shape index (κ3) is 3.19. The first kappa shape index (κ1) is 13.0. The minimum absolute atomic E-state index is 0.0690. The maximum Gasteiger partial charge on any atom is 0.287 e. The Balaban J connectivity index is 2.81. The maximum atomic E-state index is 11.6. The van der Waals surface area contributed by atoms with Crippen LogP contribution in [0.5, 0.6) is 0 Å². The highest BCUT2D eigenvalue weighted by Crippen LogP contribution is 2.14. The molecule has 16 heavy (non-hydrogen) atoms. The summed E-state index contributed by atoms with van der Waals surface area (Å²) in [5.41, 5.74) is 0.0519. The van der Waals surface area contributed by atoms with Gasteiger partial charge >= 0.3 is 0 Å². The van der Waals surface area contributed by atoms with Crippen LogP contribution in [-0.4, -0.2) is 41.8 Å². The van der Waals surface area contributed by atoms with Gasteiger partial charge in [-0.25, -0.2) is 4.68 Å². The Morgan fingerprint density at radius 2 is 2.44 bits per heavy atom. The highest BCUT2D eigenvalue weighted by Gasteiger charge is 2.08. The van der Waals surface area contributed by atoms with Crippen molar-refractivity contribution in [2.24, 2.45) is 0 Å². The van der Waals surface area contributed by atoms with Crippen molar-refractivity contribution in [3.8, 4) is 0 Å². The smallest absolute Gasteiger partial charge is 0.287 e. The molecule has 7 heteroatoms. The lowest BCUT2D eigenvalue weighted by Crippen LogP contribution is -2.26. The molecule has 0 aliphatic rings. The van der Waals surface area contributed by atoms with Crippen molar-refractivity contribution >= 4 is 17.3 Å². The summed E-state index contributed by atoms with van der Waals surface area (Å²) in [4.78, 5) is 11.6. The predicted molar refractivity (Wildman–Crippen MR) is 61.0 cm³/mol. The van der Waals surface area contributed by atoms with Gasteiger partial charge in [-0.2, -0.15) is 5.10 Å². The van der Waals surface area contributed by atoms with Crippen LogP contribution in [0.1, 0.15) is 0 Å². The second-order valence-electron chi connectivity index (χ2n) is 3.04. The van der Waals surface area contributed by atoms with Crippen LogP contribution >= 0.6 is 11.6 Å². The van der Waals surface area contributed by atoms with Crippen molar-refractivity contribution < 1.29 is 9.84 Å². The van der Waals surface area contributed by atoms with Crippen LogP contribution in [-0.2, 0) is 11.3 Å². The molecule has 0 unspecified atom stereocenters. The van der Waals surface area contributed by atoms with Crippen molar-refractivity contribution in [3.05, 3.63) is 21.6 Å². The molecule has 0 aromatic carbocycles. The number of nitrogens with zero attached hydrogens (tertiary/aromatic N) is 2. The lowest BCUT2D eigenvalue weighted by Gasteiger charge is -2.08. The van der Waals surface area contributed by atoms with Crippen LogP contribution in [0.3, 0.4) is 0 Å². The van der Waals surface area contributed by atoms with Gasteiger partial charge in [-0.15, -0.1) is 0 Å². The second kappa shape index (κ2) is 6.47. The number of halogens is 1. The van der Waals surface area contributed by atoms with Gasteiger partial charge in [0.15, 0.2) is 0 Å². The third-order valence-corrected chi connectivity index (χ3v) is 2.28. The van der Waals surface area contributed by atoms with E-state index >= 15 is 0 Å². The summed E-state index contributed by atoms with van der Waals surface area (Å²) in [6.07, 6.45) is 1.45. The summed E-state index contributed by atoms with van der Waals surface area (Å²) in [5, 5.41) is 15.6. The molecule has 0 amide bonds. The summed E-state index contributed by atoms with van der Waals surface area (Å²) < 4.78 is 5.97. The van der Waals surface area contributed by atoms with Crippen LogP contribution in [0.2, 0.25) is 5.02 Å². The van der Waals surface area contributed by atoms with Crippen molar-refractivity contribution in [2.45, 2.75) is 6.54 Å². The quantitative estimate of drug-likeness (QED) is 0.690. The highest BCUT2D eigenvalue weighted by molar-refractivity contribution is 6.32. The van der Waals surface area contributed by atoms with Crippen LogP contribution in [0.4, 0.5) is 5.69 Å². The summed E-state index contributed by atoms with van der Waals surface area (Å²) in [7, 11) is 1.58. The van der Waals surface area contributed by atoms with Gasteiger partial charge in [0.25, 0.3) is 5.56 Å². The molecular formula is C9H14ClN3O3. The standard InChI is InChI=1S/C9H14ClN3O3/c1-16-5-2-11-7-6-12-13(3-4-14)9(15)8(7)10/h6,11,14H,2-5H2,1H3. The second-order valence-corrected chi connectivity index (χ2v) is 3.42. The molecule has 0 aliphatic carbocycles. The first-order valence-corrected chi connectivity index (χ1v) is 5.17. The van der Waals surface area contributed by atoms with E-state index in [-0.39, 0.29) is 18.2 Å². The number of hydrogen-bond donors (Lipinski definition) is 2. The van der Waals surface area contributed by atoms with E-state index in [2.05, 4.69) is 10.4 Å². The number of anilines is 1. The van der Waals surface area contributed by atoms with Gasteiger partial charge in [0.2, 0.25) is 0 Å². The van der Waals surface area contributed by atoms with E-state index in [9.17, 15) is 4.79 Å². The molecule has 6 nitrogen and oxygen atoms in total. The Kier molecular flexibility index (Phi) is 5.24. The molecule has 1 aromatic heterocycles. The van der Waals surface area contributed by atoms with Crippen LogP contribution in [0, 0.1) is 0 Å². The van der Waals surface area contributed by atoms with Crippen molar-refractivity contribution in [3.63, 3.8) is 0 Å². The molecule has 0 bridgehead atoms. The van der Waals surface area contributed by atoms with Gasteiger partial charge in [-0.1, -0.05) is 11.6 Å². The van der Waals surface area contributed by atoms with Crippen molar-refractivity contribution in [1.82, 2.24) is 9.78 Å². The first-order chi connectivity index (χ1) is 7.70. The molecule has 1 rings (SSSR count). The Bertz CT molecular complexity index is 394. The van der Waals surface area contributed by atoms with Crippen LogP contribution in [0.25, 0.3) is 0 Å². The lowest BCUT2D eigenvalue weighted by atomic mass is 10.4. The monoisotopic (exact) mass is 247 g/mol. The van der Waals surface area contributed by atoms with Gasteiger partial charge in [0.1, 0.15) is 5.02 Å². The van der Waals surface area contributed by atoms with Crippen LogP contribution < -0.4 is 10.9 Å². The largest absolute Gasteiger partial charge is 0.394 e. The van der Waals surface area contributed by atoms with Gasteiger partial charge in [0, 0.05) is 13.7 Å². The van der Waals surface area contributed by atoms with E-state index in [4.69, 9.17) is 21.4 Å². The van der Waals surface area contributed by atoms with E-state index in [1.54, 1.807) is 7.11 Å². The third-order valence-electron chi connectivity index (χ3n) is 1.92. The molecule has 1 heterocycles. The fourth-order valence-electron chi connectivity index (χ4n) is 1.13. The molecule has 90 valence electrons. The van der Waals surface area contributed by atoms with Gasteiger partial charge in [-0.05, 0) is 0 Å². The topological polar surface area (TPSA) is 76.4 Å². The molecule has 0 saturated heterocycles. The molecule has 0 atom stereocenters. The Labute approximate surface area is 97.8 Å². The molecular weight excluding hydrogens is 234 g/mol. The molecule has 0 fully saturated rings. The maximum absolute atomic E-state index is 11.6. The molecule has 0 spiro atoms. The van der Waals surface area contributed by atoms with E-state index < -0.39 is 5.56 Å². The molecule has 0 saturated carbocycles. The van der Waals surface area contributed by atoms with Gasteiger partial charge in [-0.3, -0.25) is 4.79 Å². The Morgan fingerprint density at radius 1 is 1.69 bits per heavy atom. The minimum Gasteiger partial charge on any atom is -0.394 e. The number of aliphatic hydroxyl groups is 1. The normalized spacial score (nSPS) is 10.4. The predicted octanol–water partition coefficient (Wildman–Crippen LogP) is -0.0527. The zero-order chi connectivity index (χ0) is 12.0. The lowest BCUT2D eigenvalue weighted by molar-refractivity contribution is 0.211. The van der Waals surface area contributed by atoms with Gasteiger partial charge < -0.3 is 15.2 Å².